The Morgan fingerprint density at radius 1 is 0.919 bits per heavy atom. The van der Waals surface area contributed by atoms with Gasteiger partial charge in [-0.05, 0) is 53.3 Å². The number of carbonyl (C=O) groups is 1. The number of pyridine rings is 1. The number of para-hydroxylation sites is 1. The van der Waals surface area contributed by atoms with Gasteiger partial charge in [-0.3, -0.25) is 4.79 Å². The number of methoxy groups -OCH3 is 1. The van der Waals surface area contributed by atoms with E-state index in [-0.39, 0.29) is 5.91 Å². The summed E-state index contributed by atoms with van der Waals surface area (Å²) >= 11 is 1.33. The van der Waals surface area contributed by atoms with Crippen LogP contribution < -0.4 is 15.8 Å². The van der Waals surface area contributed by atoms with Crippen molar-refractivity contribution in [1.82, 2.24) is 4.98 Å². The summed E-state index contributed by atoms with van der Waals surface area (Å²) in [7, 11) is 1.65. The van der Waals surface area contributed by atoms with Crippen LogP contribution in [0.5, 0.6) is 5.75 Å². The van der Waals surface area contributed by atoms with Gasteiger partial charge in [-0.25, -0.2) is 4.98 Å². The molecule has 0 radical (unpaired) electrons. The summed E-state index contributed by atoms with van der Waals surface area (Å²) in [6, 6.07) is 26.1. The number of nitrogens with two attached hydrogens (primary N) is 1. The van der Waals surface area contributed by atoms with Crippen molar-refractivity contribution in [3.05, 3.63) is 94.9 Å². The summed E-state index contributed by atoms with van der Waals surface area (Å²) < 4.78 is 5.35. The highest BCUT2D eigenvalue weighted by Crippen LogP contribution is 2.42. The number of aryl methyl sites for hydroxylation is 2. The largest absolute Gasteiger partial charge is 0.497 e. The van der Waals surface area contributed by atoms with Crippen molar-refractivity contribution >= 4 is 38.8 Å². The SMILES string of the molecule is CCc1cccc(CC)c1NC(=O)c1sc2nc(-c3ccccc3)cc(-c3ccc(OC)cc3)c2c1N. The first-order valence-corrected chi connectivity index (χ1v) is 13.2. The van der Waals surface area contributed by atoms with Crippen LogP contribution in [0, 0.1) is 0 Å². The second-order valence-electron chi connectivity index (χ2n) is 8.79. The van der Waals surface area contributed by atoms with E-state index in [4.69, 9.17) is 15.5 Å². The molecule has 3 N–H and O–H groups in total. The Morgan fingerprint density at radius 3 is 2.22 bits per heavy atom. The van der Waals surface area contributed by atoms with Gasteiger partial charge in [-0.1, -0.05) is 74.5 Å². The summed E-state index contributed by atoms with van der Waals surface area (Å²) in [6.07, 6.45) is 1.66. The van der Waals surface area contributed by atoms with Crippen LogP contribution in [0.3, 0.4) is 0 Å². The van der Waals surface area contributed by atoms with E-state index >= 15 is 0 Å². The third-order valence-corrected chi connectivity index (χ3v) is 7.71. The lowest BCUT2D eigenvalue weighted by Crippen LogP contribution is -2.15. The van der Waals surface area contributed by atoms with Gasteiger partial charge in [-0.15, -0.1) is 11.3 Å². The number of anilines is 2. The standard InChI is InChI=1S/C31H29N3O2S/c1-4-19-12-9-13-20(5-2)28(19)34-30(35)29-27(32)26-24(21-14-16-23(36-3)17-15-21)18-25(33-31(26)37-29)22-10-7-6-8-11-22/h6-18H,4-5,32H2,1-3H3,(H,34,35). The first-order valence-electron chi connectivity index (χ1n) is 12.4. The Morgan fingerprint density at radius 2 is 1.59 bits per heavy atom. The van der Waals surface area contributed by atoms with Gasteiger partial charge in [0.1, 0.15) is 15.5 Å². The molecule has 0 spiro atoms. The lowest BCUT2D eigenvalue weighted by Gasteiger charge is -2.14. The molecule has 0 aliphatic rings. The molecule has 0 bridgehead atoms. The number of hydrogen-bond acceptors (Lipinski definition) is 5. The zero-order valence-corrected chi connectivity index (χ0v) is 22.0. The summed E-state index contributed by atoms with van der Waals surface area (Å²) in [5, 5.41) is 3.96. The number of benzene rings is 3. The molecule has 0 atom stereocenters. The van der Waals surface area contributed by atoms with Crippen molar-refractivity contribution in [2.75, 3.05) is 18.2 Å². The predicted octanol–water partition coefficient (Wildman–Crippen LogP) is 7.60. The summed E-state index contributed by atoms with van der Waals surface area (Å²) in [5.74, 6) is 0.565. The van der Waals surface area contributed by atoms with Crippen LogP contribution in [0.1, 0.15) is 34.6 Å². The Balaban J connectivity index is 1.66. The van der Waals surface area contributed by atoms with Crippen LogP contribution in [0.15, 0.2) is 78.9 Å². The molecule has 0 unspecified atom stereocenters. The van der Waals surface area contributed by atoms with Crippen LogP contribution in [-0.4, -0.2) is 18.0 Å². The van der Waals surface area contributed by atoms with Gasteiger partial charge >= 0.3 is 0 Å². The average Bonchev–Trinajstić information content (AvgIpc) is 3.29. The first kappa shape index (κ1) is 24.5. The molecule has 5 nitrogen and oxygen atoms in total. The molecule has 0 saturated carbocycles. The smallest absolute Gasteiger partial charge is 0.267 e. The van der Waals surface area contributed by atoms with Crippen molar-refractivity contribution in [3.63, 3.8) is 0 Å². The van der Waals surface area contributed by atoms with Crippen LogP contribution in [0.4, 0.5) is 11.4 Å². The van der Waals surface area contributed by atoms with Gasteiger partial charge < -0.3 is 15.8 Å². The number of thiophene rings is 1. The van der Waals surface area contributed by atoms with Gasteiger partial charge in [0.15, 0.2) is 0 Å². The van der Waals surface area contributed by atoms with Gasteiger partial charge in [-0.2, -0.15) is 0 Å². The zero-order chi connectivity index (χ0) is 25.9. The molecule has 3 aromatic carbocycles. The minimum absolute atomic E-state index is 0.210. The predicted molar refractivity (Wildman–Crippen MR) is 155 cm³/mol. The molecule has 1 amide bonds. The molecule has 186 valence electrons. The van der Waals surface area contributed by atoms with Gasteiger partial charge in [0, 0.05) is 16.6 Å². The molecular formula is C31H29N3O2S. The molecule has 37 heavy (non-hydrogen) atoms. The number of nitrogens with zero attached hydrogens (tertiary/aromatic N) is 1. The summed E-state index contributed by atoms with van der Waals surface area (Å²) in [5.41, 5.74) is 14.0. The topological polar surface area (TPSA) is 77.2 Å². The molecule has 0 saturated heterocycles. The summed E-state index contributed by atoms with van der Waals surface area (Å²) in [6.45, 7) is 4.18. The number of nitrogen functional groups attached to an aromatic ring is 1. The van der Waals surface area contributed by atoms with Crippen LogP contribution in [0.25, 0.3) is 32.6 Å². The maximum absolute atomic E-state index is 13.6. The molecule has 0 fully saturated rings. The molecule has 6 heteroatoms. The highest BCUT2D eigenvalue weighted by atomic mass is 32.1. The molecule has 0 aliphatic heterocycles. The zero-order valence-electron chi connectivity index (χ0n) is 21.2. The number of carbonyl (C=O) groups excluding carboxylic acids is 1. The number of rotatable bonds is 7. The molecule has 2 heterocycles. The Kier molecular flexibility index (Phi) is 6.93. The number of ether oxygens (including phenoxy) is 1. The highest BCUT2D eigenvalue weighted by molar-refractivity contribution is 7.21. The van der Waals surface area contributed by atoms with Gasteiger partial charge in [0.05, 0.1) is 18.5 Å². The fourth-order valence-electron chi connectivity index (χ4n) is 4.62. The van der Waals surface area contributed by atoms with Crippen molar-refractivity contribution in [3.8, 4) is 28.1 Å². The van der Waals surface area contributed by atoms with Crippen molar-refractivity contribution in [1.29, 1.82) is 0 Å². The molecule has 2 aromatic heterocycles. The average molecular weight is 508 g/mol. The van der Waals surface area contributed by atoms with E-state index in [2.05, 4.69) is 31.3 Å². The van der Waals surface area contributed by atoms with E-state index in [0.717, 1.165) is 68.0 Å². The molecule has 0 aliphatic carbocycles. The third kappa shape index (κ3) is 4.68. The fraction of sp³-hybridized carbons (Fsp3) is 0.161. The van der Waals surface area contributed by atoms with Crippen LogP contribution in [-0.2, 0) is 12.8 Å². The quantitative estimate of drug-likeness (QED) is 0.238. The van der Waals surface area contributed by atoms with E-state index in [9.17, 15) is 4.79 Å². The minimum atomic E-state index is -0.210. The monoisotopic (exact) mass is 507 g/mol. The minimum Gasteiger partial charge on any atom is -0.497 e. The number of amides is 1. The van der Waals surface area contributed by atoms with E-state index < -0.39 is 0 Å². The molecule has 5 aromatic rings. The van der Waals surface area contributed by atoms with Gasteiger partial charge in [0.2, 0.25) is 0 Å². The summed E-state index contributed by atoms with van der Waals surface area (Å²) in [4.78, 5) is 19.7. The lowest BCUT2D eigenvalue weighted by atomic mass is 9.99. The van der Waals surface area contributed by atoms with Crippen LogP contribution in [0.2, 0.25) is 0 Å². The Labute approximate surface area is 220 Å². The number of nitrogens with one attached hydrogen (secondary N) is 1. The fourth-order valence-corrected chi connectivity index (χ4v) is 5.63. The Hall–Kier alpha value is -4.16. The van der Waals surface area contributed by atoms with E-state index in [1.807, 2.05) is 66.7 Å². The second-order valence-corrected chi connectivity index (χ2v) is 9.79. The second kappa shape index (κ2) is 10.4. The normalized spacial score (nSPS) is 11.0. The number of fused-ring (bicyclic) bond motifs is 1. The molecular weight excluding hydrogens is 478 g/mol. The van der Waals surface area contributed by atoms with Crippen molar-refractivity contribution < 1.29 is 9.53 Å². The molecule has 5 rings (SSSR count). The van der Waals surface area contributed by atoms with E-state index in [0.29, 0.717) is 10.6 Å². The maximum atomic E-state index is 13.6. The van der Waals surface area contributed by atoms with Gasteiger partial charge in [0.25, 0.3) is 5.91 Å². The number of hydrogen-bond donors (Lipinski definition) is 2. The maximum Gasteiger partial charge on any atom is 0.267 e. The lowest BCUT2D eigenvalue weighted by molar-refractivity contribution is 0.103. The Bertz CT molecular complexity index is 1550. The van der Waals surface area contributed by atoms with Crippen molar-refractivity contribution in [2.24, 2.45) is 0 Å². The van der Waals surface area contributed by atoms with Crippen molar-refractivity contribution in [2.45, 2.75) is 26.7 Å². The third-order valence-electron chi connectivity index (χ3n) is 6.61. The van der Waals surface area contributed by atoms with Crippen LogP contribution >= 0.6 is 11.3 Å². The van der Waals surface area contributed by atoms with E-state index in [1.54, 1.807) is 7.11 Å². The van der Waals surface area contributed by atoms with E-state index in [1.165, 1.54) is 11.3 Å². The first-order chi connectivity index (χ1) is 18.0. The number of aromatic nitrogens is 1. The highest BCUT2D eigenvalue weighted by Gasteiger charge is 2.23.